The molecule has 1 fully saturated rings. The molecule has 1 aliphatic rings. The van der Waals surface area contributed by atoms with Gasteiger partial charge in [-0.1, -0.05) is 17.7 Å². The van der Waals surface area contributed by atoms with Crippen LogP contribution in [-0.2, 0) is 4.74 Å². The van der Waals surface area contributed by atoms with Crippen molar-refractivity contribution in [3.63, 3.8) is 0 Å². The van der Waals surface area contributed by atoms with Crippen LogP contribution in [0.2, 0.25) is 0 Å². The number of nitrogens with zero attached hydrogens (tertiary/aromatic N) is 1. The highest BCUT2D eigenvalue weighted by atomic mass is 16.5. The van der Waals surface area contributed by atoms with Crippen molar-refractivity contribution >= 4 is 0 Å². The van der Waals surface area contributed by atoms with Crippen LogP contribution in [-0.4, -0.2) is 55.6 Å². The van der Waals surface area contributed by atoms with Gasteiger partial charge in [0.15, 0.2) is 0 Å². The molecule has 1 atom stereocenters. The van der Waals surface area contributed by atoms with E-state index in [1.807, 2.05) is 24.3 Å². The Kier molecular flexibility index (Phi) is 4.99. The molecular formula is C14H21NO3. The van der Waals surface area contributed by atoms with Crippen LogP contribution < -0.4 is 4.74 Å². The first-order chi connectivity index (χ1) is 8.78. The molecule has 100 valence electrons. The summed E-state index contributed by atoms with van der Waals surface area (Å²) >= 11 is 0. The Morgan fingerprint density at radius 1 is 1.39 bits per heavy atom. The maximum Gasteiger partial charge on any atom is 0.119 e. The molecule has 0 aliphatic carbocycles. The number of aryl methyl sites for hydroxylation is 1. The predicted octanol–water partition coefficient (Wildman–Crippen LogP) is 1.07. The molecule has 0 radical (unpaired) electrons. The number of ether oxygens (including phenoxy) is 2. The van der Waals surface area contributed by atoms with E-state index in [9.17, 15) is 0 Å². The van der Waals surface area contributed by atoms with Gasteiger partial charge in [0.2, 0.25) is 0 Å². The Balaban J connectivity index is 1.77. The van der Waals surface area contributed by atoms with Crippen LogP contribution in [0.1, 0.15) is 5.56 Å². The zero-order valence-electron chi connectivity index (χ0n) is 10.8. The van der Waals surface area contributed by atoms with Crippen molar-refractivity contribution < 1.29 is 14.6 Å². The molecule has 0 saturated carbocycles. The predicted molar refractivity (Wildman–Crippen MR) is 69.9 cm³/mol. The van der Waals surface area contributed by atoms with E-state index in [1.54, 1.807) is 0 Å². The summed E-state index contributed by atoms with van der Waals surface area (Å²) in [4.78, 5) is 2.20. The second kappa shape index (κ2) is 6.73. The van der Waals surface area contributed by atoms with Crippen LogP contribution in [0.5, 0.6) is 5.75 Å². The van der Waals surface area contributed by atoms with Crippen LogP contribution in [0.4, 0.5) is 0 Å². The summed E-state index contributed by atoms with van der Waals surface area (Å²) < 4.78 is 11.4. The van der Waals surface area contributed by atoms with Crippen LogP contribution in [0.25, 0.3) is 0 Å². The highest BCUT2D eigenvalue weighted by Crippen LogP contribution is 2.13. The molecule has 1 heterocycles. The normalized spacial score (nSPS) is 20.9. The van der Waals surface area contributed by atoms with E-state index in [-0.39, 0.29) is 12.7 Å². The van der Waals surface area contributed by atoms with Gasteiger partial charge in [-0.3, -0.25) is 4.90 Å². The molecule has 0 spiro atoms. The van der Waals surface area contributed by atoms with E-state index in [1.165, 1.54) is 5.56 Å². The molecule has 0 amide bonds. The minimum Gasteiger partial charge on any atom is -0.491 e. The maximum atomic E-state index is 8.92. The van der Waals surface area contributed by atoms with Crippen LogP contribution in [0.3, 0.4) is 0 Å². The van der Waals surface area contributed by atoms with Gasteiger partial charge in [-0.25, -0.2) is 0 Å². The van der Waals surface area contributed by atoms with E-state index in [0.717, 1.165) is 18.8 Å². The van der Waals surface area contributed by atoms with E-state index < -0.39 is 0 Å². The van der Waals surface area contributed by atoms with Gasteiger partial charge in [-0.05, 0) is 19.1 Å². The topological polar surface area (TPSA) is 41.9 Å². The summed E-state index contributed by atoms with van der Waals surface area (Å²) in [5, 5.41) is 8.92. The molecule has 1 saturated heterocycles. The molecular weight excluding hydrogens is 230 g/mol. The Bertz CT molecular complexity index is 351. The molecule has 2 rings (SSSR count). The van der Waals surface area contributed by atoms with Gasteiger partial charge >= 0.3 is 0 Å². The molecule has 4 nitrogen and oxygen atoms in total. The lowest BCUT2D eigenvalue weighted by Gasteiger charge is -2.32. The van der Waals surface area contributed by atoms with Crippen LogP contribution in [0, 0.1) is 6.92 Å². The fourth-order valence-corrected chi connectivity index (χ4v) is 2.05. The van der Waals surface area contributed by atoms with Gasteiger partial charge in [-0.2, -0.15) is 0 Å². The summed E-state index contributed by atoms with van der Waals surface area (Å²) in [7, 11) is 0. The Hall–Kier alpha value is -1.10. The fraction of sp³-hybridized carbons (Fsp3) is 0.571. The number of aliphatic hydroxyl groups is 1. The van der Waals surface area contributed by atoms with Crippen LogP contribution >= 0.6 is 0 Å². The average Bonchev–Trinajstić information content (AvgIpc) is 2.39. The smallest absolute Gasteiger partial charge is 0.119 e. The zero-order valence-corrected chi connectivity index (χ0v) is 10.8. The summed E-state index contributed by atoms with van der Waals surface area (Å²) in [5.41, 5.74) is 1.23. The van der Waals surface area contributed by atoms with Crippen molar-refractivity contribution in [2.45, 2.75) is 13.0 Å². The minimum atomic E-state index is 0.0894. The first-order valence-electron chi connectivity index (χ1n) is 6.42. The van der Waals surface area contributed by atoms with Gasteiger partial charge in [0, 0.05) is 19.6 Å². The van der Waals surface area contributed by atoms with Crippen molar-refractivity contribution in [2.75, 3.05) is 39.5 Å². The number of hydrogen-bond donors (Lipinski definition) is 1. The summed E-state index contributed by atoms with van der Waals surface area (Å²) in [6, 6.07) is 8.03. The molecule has 1 aromatic carbocycles. The van der Waals surface area contributed by atoms with Crippen LogP contribution in [0.15, 0.2) is 24.3 Å². The summed E-state index contributed by atoms with van der Waals surface area (Å²) in [5.74, 6) is 0.878. The number of morpholine rings is 1. The monoisotopic (exact) mass is 251 g/mol. The molecule has 1 aliphatic heterocycles. The third kappa shape index (κ3) is 3.98. The third-order valence-corrected chi connectivity index (χ3v) is 3.10. The lowest BCUT2D eigenvalue weighted by molar-refractivity contribution is -0.0508. The highest BCUT2D eigenvalue weighted by Gasteiger charge is 2.20. The summed E-state index contributed by atoms with van der Waals surface area (Å²) in [6.45, 7) is 5.96. The first kappa shape index (κ1) is 13.3. The minimum absolute atomic E-state index is 0.0894. The lowest BCUT2D eigenvalue weighted by atomic mass is 10.2. The largest absolute Gasteiger partial charge is 0.491 e. The molecule has 4 heteroatoms. The lowest BCUT2D eigenvalue weighted by Crippen LogP contribution is -2.45. The molecule has 1 unspecified atom stereocenters. The quantitative estimate of drug-likeness (QED) is 0.850. The molecule has 1 aromatic rings. The second-order valence-electron chi connectivity index (χ2n) is 4.64. The molecule has 0 aromatic heterocycles. The Morgan fingerprint density at radius 3 is 2.89 bits per heavy atom. The number of rotatable bonds is 5. The van der Waals surface area contributed by atoms with Gasteiger partial charge in [0.05, 0.1) is 13.2 Å². The summed E-state index contributed by atoms with van der Waals surface area (Å²) in [6.07, 6.45) is 0.0894. The van der Waals surface area contributed by atoms with E-state index in [4.69, 9.17) is 14.6 Å². The van der Waals surface area contributed by atoms with Crippen molar-refractivity contribution in [1.82, 2.24) is 4.90 Å². The maximum absolute atomic E-state index is 8.92. The van der Waals surface area contributed by atoms with Crippen molar-refractivity contribution in [3.05, 3.63) is 29.8 Å². The highest BCUT2D eigenvalue weighted by molar-refractivity contribution is 5.26. The standard InChI is InChI=1S/C14H21NO3/c1-12-2-4-13(5-3-12)18-11-14-10-15(6-8-16)7-9-17-14/h2-5,14,16H,6-11H2,1H3. The van der Waals surface area contributed by atoms with E-state index >= 15 is 0 Å². The molecule has 1 N–H and O–H groups in total. The van der Waals surface area contributed by atoms with Gasteiger partial charge in [0.1, 0.15) is 18.5 Å². The Labute approximate surface area is 108 Å². The fourth-order valence-electron chi connectivity index (χ4n) is 2.05. The molecule has 18 heavy (non-hydrogen) atoms. The number of β-amino-alcohol motifs (C(OH)–C–C–N with tert-alkyl or cyclic N) is 1. The van der Waals surface area contributed by atoms with Gasteiger partial charge in [-0.15, -0.1) is 0 Å². The zero-order chi connectivity index (χ0) is 12.8. The van der Waals surface area contributed by atoms with Gasteiger partial charge in [0.25, 0.3) is 0 Å². The average molecular weight is 251 g/mol. The number of aliphatic hydroxyl groups excluding tert-OH is 1. The van der Waals surface area contributed by atoms with E-state index in [2.05, 4.69) is 11.8 Å². The first-order valence-corrected chi connectivity index (χ1v) is 6.42. The molecule has 0 bridgehead atoms. The third-order valence-electron chi connectivity index (χ3n) is 3.10. The van der Waals surface area contributed by atoms with Gasteiger partial charge < -0.3 is 14.6 Å². The van der Waals surface area contributed by atoms with Crippen molar-refractivity contribution in [1.29, 1.82) is 0 Å². The second-order valence-corrected chi connectivity index (χ2v) is 4.64. The SMILES string of the molecule is Cc1ccc(OCC2CN(CCO)CCO2)cc1. The van der Waals surface area contributed by atoms with Crippen molar-refractivity contribution in [3.8, 4) is 5.75 Å². The Morgan fingerprint density at radius 2 is 2.17 bits per heavy atom. The van der Waals surface area contributed by atoms with E-state index in [0.29, 0.717) is 19.8 Å². The number of hydrogen-bond acceptors (Lipinski definition) is 4. The van der Waals surface area contributed by atoms with Crippen molar-refractivity contribution in [2.24, 2.45) is 0 Å². The number of benzene rings is 1.